The summed E-state index contributed by atoms with van der Waals surface area (Å²) in [4.78, 5) is 19.1. The van der Waals surface area contributed by atoms with Gasteiger partial charge in [-0.2, -0.15) is 0 Å². The molecule has 0 radical (unpaired) electrons. The Morgan fingerprint density at radius 1 is 1.33 bits per heavy atom. The number of rotatable bonds is 5. The summed E-state index contributed by atoms with van der Waals surface area (Å²) in [7, 11) is 0. The van der Waals surface area contributed by atoms with Crippen molar-refractivity contribution in [3.8, 4) is 11.5 Å². The van der Waals surface area contributed by atoms with E-state index in [4.69, 9.17) is 9.47 Å². The highest BCUT2D eigenvalue weighted by atomic mass is 32.1. The molecule has 0 fully saturated rings. The molecule has 0 unspecified atom stereocenters. The molecule has 0 aliphatic carbocycles. The van der Waals surface area contributed by atoms with E-state index in [1.165, 1.54) is 11.3 Å². The minimum Gasteiger partial charge on any atom is -0.494 e. The van der Waals surface area contributed by atoms with Gasteiger partial charge in [-0.05, 0) is 31.2 Å². The quantitative estimate of drug-likeness (QED) is 0.730. The average molecular weight is 383 g/mol. The van der Waals surface area contributed by atoms with Gasteiger partial charge in [-0.1, -0.05) is 29.5 Å². The van der Waals surface area contributed by atoms with E-state index in [2.05, 4.69) is 15.2 Å². The van der Waals surface area contributed by atoms with Crippen molar-refractivity contribution in [2.24, 2.45) is 0 Å². The first kappa shape index (κ1) is 17.8. The molecule has 2 heterocycles. The Hall–Kier alpha value is -2.64. The number of anilines is 1. The summed E-state index contributed by atoms with van der Waals surface area (Å²) in [5.74, 6) is 1.64. The van der Waals surface area contributed by atoms with Crippen LogP contribution in [-0.2, 0) is 11.3 Å². The molecule has 4 rings (SSSR count). The second kappa shape index (κ2) is 7.94. The molecule has 1 N–H and O–H groups in total. The van der Waals surface area contributed by atoms with E-state index in [1.54, 1.807) is 0 Å². The van der Waals surface area contributed by atoms with E-state index in [-0.39, 0.29) is 5.91 Å². The molecule has 1 amide bonds. The van der Waals surface area contributed by atoms with Crippen molar-refractivity contribution in [3.63, 3.8) is 0 Å². The molecule has 6 nitrogen and oxygen atoms in total. The highest BCUT2D eigenvalue weighted by molar-refractivity contribution is 7.22. The van der Waals surface area contributed by atoms with E-state index in [0.717, 1.165) is 27.3 Å². The maximum absolute atomic E-state index is 12.5. The monoisotopic (exact) mass is 383 g/mol. The van der Waals surface area contributed by atoms with Crippen molar-refractivity contribution in [2.75, 3.05) is 31.6 Å². The molecule has 0 saturated heterocycles. The van der Waals surface area contributed by atoms with Crippen LogP contribution in [0.25, 0.3) is 10.2 Å². The third-order valence-electron chi connectivity index (χ3n) is 4.32. The SMILES string of the molecule is CCOc1ccc2nc(NC(=O)CN3CCOc4ccccc4C3)sc2c1. The van der Waals surface area contributed by atoms with Crippen LogP contribution in [0.1, 0.15) is 12.5 Å². The van der Waals surface area contributed by atoms with Crippen LogP contribution in [0.15, 0.2) is 42.5 Å². The van der Waals surface area contributed by atoms with Crippen molar-refractivity contribution < 1.29 is 14.3 Å². The molecule has 0 atom stereocenters. The summed E-state index contributed by atoms with van der Waals surface area (Å²) in [6.07, 6.45) is 0. The Kier molecular flexibility index (Phi) is 5.22. The van der Waals surface area contributed by atoms with Crippen molar-refractivity contribution in [2.45, 2.75) is 13.5 Å². The molecule has 7 heteroatoms. The third kappa shape index (κ3) is 4.20. The van der Waals surface area contributed by atoms with Crippen LogP contribution in [0.3, 0.4) is 0 Å². The molecule has 1 aliphatic rings. The Morgan fingerprint density at radius 2 is 2.22 bits per heavy atom. The summed E-state index contributed by atoms with van der Waals surface area (Å²) in [6, 6.07) is 13.7. The van der Waals surface area contributed by atoms with Crippen LogP contribution in [-0.4, -0.2) is 42.1 Å². The van der Waals surface area contributed by atoms with E-state index in [0.29, 0.717) is 38.0 Å². The average Bonchev–Trinajstić information content (AvgIpc) is 2.92. The van der Waals surface area contributed by atoms with Gasteiger partial charge in [-0.3, -0.25) is 9.69 Å². The number of carbonyl (C=O) groups is 1. The van der Waals surface area contributed by atoms with Crippen molar-refractivity contribution in [1.29, 1.82) is 0 Å². The van der Waals surface area contributed by atoms with Gasteiger partial charge >= 0.3 is 0 Å². The van der Waals surface area contributed by atoms with E-state index in [9.17, 15) is 4.79 Å². The smallest absolute Gasteiger partial charge is 0.240 e. The second-order valence-electron chi connectivity index (χ2n) is 6.30. The zero-order valence-electron chi connectivity index (χ0n) is 15.1. The molecule has 1 aliphatic heterocycles. The molecular formula is C20H21N3O3S. The first-order valence-corrected chi connectivity index (χ1v) is 9.79. The number of fused-ring (bicyclic) bond motifs is 2. The van der Waals surface area contributed by atoms with Gasteiger partial charge in [0.05, 0.1) is 23.4 Å². The lowest BCUT2D eigenvalue weighted by atomic mass is 10.2. The predicted octanol–water partition coefficient (Wildman–Crippen LogP) is 3.53. The lowest BCUT2D eigenvalue weighted by Gasteiger charge is -2.18. The van der Waals surface area contributed by atoms with Crippen LogP contribution in [0.4, 0.5) is 5.13 Å². The van der Waals surface area contributed by atoms with Crippen LogP contribution < -0.4 is 14.8 Å². The minimum absolute atomic E-state index is 0.0709. The molecule has 3 aromatic rings. The molecule has 27 heavy (non-hydrogen) atoms. The van der Waals surface area contributed by atoms with E-state index < -0.39 is 0 Å². The van der Waals surface area contributed by atoms with E-state index >= 15 is 0 Å². The Balaban J connectivity index is 1.41. The molecule has 0 saturated carbocycles. The van der Waals surface area contributed by atoms with Gasteiger partial charge in [0.25, 0.3) is 0 Å². The van der Waals surface area contributed by atoms with Gasteiger partial charge < -0.3 is 14.8 Å². The standard InChI is InChI=1S/C20H21N3O3S/c1-2-25-15-7-8-16-18(11-15)27-20(21-16)22-19(24)13-23-9-10-26-17-6-4-3-5-14(17)12-23/h3-8,11H,2,9-10,12-13H2,1H3,(H,21,22,24). The van der Waals surface area contributed by atoms with E-state index in [1.807, 2.05) is 49.4 Å². The summed E-state index contributed by atoms with van der Waals surface area (Å²) in [5, 5.41) is 3.53. The van der Waals surface area contributed by atoms with Gasteiger partial charge in [0, 0.05) is 18.7 Å². The topological polar surface area (TPSA) is 63.7 Å². The van der Waals surface area contributed by atoms with Crippen molar-refractivity contribution >= 4 is 32.6 Å². The number of ether oxygens (including phenoxy) is 2. The molecular weight excluding hydrogens is 362 g/mol. The number of hydrogen-bond donors (Lipinski definition) is 1. The molecule has 0 spiro atoms. The van der Waals surface area contributed by atoms with Gasteiger partial charge in [0.1, 0.15) is 18.1 Å². The lowest BCUT2D eigenvalue weighted by Crippen LogP contribution is -2.34. The molecule has 1 aromatic heterocycles. The fraction of sp³-hybridized carbons (Fsp3) is 0.300. The summed E-state index contributed by atoms with van der Waals surface area (Å²) in [6.45, 7) is 4.86. The molecule has 0 bridgehead atoms. The molecule has 2 aromatic carbocycles. The van der Waals surface area contributed by atoms with Crippen LogP contribution in [0.5, 0.6) is 11.5 Å². The zero-order chi connectivity index (χ0) is 18.6. The minimum atomic E-state index is -0.0709. The third-order valence-corrected chi connectivity index (χ3v) is 5.25. The Morgan fingerprint density at radius 3 is 3.11 bits per heavy atom. The van der Waals surface area contributed by atoms with Crippen LogP contribution in [0.2, 0.25) is 0 Å². The normalized spacial score (nSPS) is 14.3. The fourth-order valence-electron chi connectivity index (χ4n) is 3.09. The van der Waals surface area contributed by atoms with Gasteiger partial charge in [0.2, 0.25) is 5.91 Å². The fourth-order valence-corrected chi connectivity index (χ4v) is 4.00. The van der Waals surface area contributed by atoms with Gasteiger partial charge in [-0.25, -0.2) is 4.98 Å². The van der Waals surface area contributed by atoms with Crippen molar-refractivity contribution in [1.82, 2.24) is 9.88 Å². The first-order valence-electron chi connectivity index (χ1n) is 8.97. The number of carbonyl (C=O) groups excluding carboxylic acids is 1. The number of para-hydroxylation sites is 1. The number of benzene rings is 2. The summed E-state index contributed by atoms with van der Waals surface area (Å²) >= 11 is 1.45. The Bertz CT molecular complexity index is 957. The predicted molar refractivity (Wildman–Crippen MR) is 107 cm³/mol. The van der Waals surface area contributed by atoms with Crippen LogP contribution >= 0.6 is 11.3 Å². The van der Waals surface area contributed by atoms with Gasteiger partial charge in [-0.15, -0.1) is 0 Å². The van der Waals surface area contributed by atoms with Crippen LogP contribution in [0, 0.1) is 0 Å². The summed E-state index contributed by atoms with van der Waals surface area (Å²) < 4.78 is 12.3. The lowest BCUT2D eigenvalue weighted by molar-refractivity contribution is -0.117. The highest BCUT2D eigenvalue weighted by Gasteiger charge is 2.18. The number of hydrogen-bond acceptors (Lipinski definition) is 6. The zero-order valence-corrected chi connectivity index (χ0v) is 15.9. The maximum atomic E-state index is 12.5. The van der Waals surface area contributed by atoms with Gasteiger partial charge in [0.15, 0.2) is 5.13 Å². The number of thiazole rings is 1. The maximum Gasteiger partial charge on any atom is 0.240 e. The number of nitrogens with one attached hydrogen (secondary N) is 1. The van der Waals surface area contributed by atoms with Crippen molar-refractivity contribution in [3.05, 3.63) is 48.0 Å². The Labute approximate surface area is 161 Å². The first-order chi connectivity index (χ1) is 13.2. The number of amides is 1. The second-order valence-corrected chi connectivity index (χ2v) is 7.33. The number of aromatic nitrogens is 1. The largest absolute Gasteiger partial charge is 0.494 e. The molecule has 140 valence electrons. The highest BCUT2D eigenvalue weighted by Crippen LogP contribution is 2.29. The number of nitrogens with zero attached hydrogens (tertiary/aromatic N) is 2. The summed E-state index contributed by atoms with van der Waals surface area (Å²) in [5.41, 5.74) is 1.96.